The Labute approximate surface area is 347 Å². The van der Waals surface area contributed by atoms with Crippen molar-refractivity contribution in [1.29, 1.82) is 0 Å². The number of nitrogens with one attached hydrogen (secondary N) is 2. The quantitative estimate of drug-likeness (QED) is 0.0666. The fraction of sp³-hybridized carbons (Fsp3) is 0.267. The van der Waals surface area contributed by atoms with E-state index in [9.17, 15) is 14.4 Å². The van der Waals surface area contributed by atoms with Crippen LogP contribution >= 0.6 is 0 Å². The van der Waals surface area contributed by atoms with E-state index in [-0.39, 0.29) is 11.8 Å². The van der Waals surface area contributed by atoms with Crippen LogP contribution in [0.1, 0.15) is 84.5 Å². The zero-order valence-electron chi connectivity index (χ0n) is 34.0. The third-order valence-electron chi connectivity index (χ3n) is 9.77. The molecule has 2 aromatic heterocycles. The molecule has 7 aromatic rings. The summed E-state index contributed by atoms with van der Waals surface area (Å²) in [4.78, 5) is 43.1. The van der Waals surface area contributed by atoms with Crippen LogP contribution in [0, 0.1) is 0 Å². The van der Waals surface area contributed by atoms with Crippen LogP contribution in [0.5, 0.6) is 0 Å². The predicted molar refractivity (Wildman–Crippen MR) is 228 cm³/mol. The van der Waals surface area contributed by atoms with Crippen molar-refractivity contribution in [2.75, 3.05) is 17.2 Å². The van der Waals surface area contributed by atoms with Crippen LogP contribution in [0.25, 0.3) is 44.7 Å². The van der Waals surface area contributed by atoms with Crippen molar-refractivity contribution in [3.63, 3.8) is 0 Å². The van der Waals surface area contributed by atoms with Crippen molar-refractivity contribution in [3.8, 4) is 33.9 Å². The molecule has 15 heteroatoms. The summed E-state index contributed by atoms with van der Waals surface area (Å²) in [5.41, 5.74) is 5.44. The van der Waals surface area contributed by atoms with Crippen LogP contribution in [0.3, 0.4) is 0 Å². The molecule has 0 aliphatic carbocycles. The lowest BCUT2D eigenvalue weighted by Gasteiger charge is -2.15. The van der Waals surface area contributed by atoms with Gasteiger partial charge >= 0.3 is 5.97 Å². The van der Waals surface area contributed by atoms with Gasteiger partial charge < -0.3 is 20.1 Å². The van der Waals surface area contributed by atoms with Crippen LogP contribution < -0.4 is 10.6 Å². The largest absolute Gasteiger partial charge is 0.432 e. The molecule has 2 heterocycles. The molecule has 7 rings (SSSR count). The Kier molecular flexibility index (Phi) is 13.1. The van der Waals surface area contributed by atoms with Gasteiger partial charge in [0.1, 0.15) is 0 Å². The van der Waals surface area contributed by atoms with Crippen molar-refractivity contribution in [3.05, 3.63) is 120 Å². The minimum absolute atomic E-state index is 0.313. The van der Waals surface area contributed by atoms with Crippen LogP contribution in [-0.4, -0.2) is 71.1 Å². The maximum absolute atomic E-state index is 13.6. The fourth-order valence-electron chi connectivity index (χ4n) is 6.62. The first-order valence-corrected chi connectivity index (χ1v) is 20.1. The molecule has 0 fully saturated rings. The lowest BCUT2D eigenvalue weighted by atomic mass is 9.99. The number of tetrazole rings is 2. The highest BCUT2D eigenvalue weighted by Crippen LogP contribution is 2.30. The van der Waals surface area contributed by atoms with E-state index in [0.29, 0.717) is 81.3 Å². The molecule has 2 amide bonds. The van der Waals surface area contributed by atoms with Crippen molar-refractivity contribution in [2.24, 2.45) is 0 Å². The number of nitrogens with zero attached hydrogens (tertiary/aromatic N) is 8. The Morgan fingerprint density at radius 1 is 0.633 bits per heavy atom. The number of aromatic nitrogens is 8. The molecule has 0 aliphatic heterocycles. The summed E-state index contributed by atoms with van der Waals surface area (Å²) in [6, 6.07) is 30.6. The number of amides is 2. The van der Waals surface area contributed by atoms with Gasteiger partial charge in [0.15, 0.2) is 6.29 Å². The molecular formula is C45H46N10O5. The van der Waals surface area contributed by atoms with Crippen LogP contribution in [0.15, 0.2) is 103 Å². The maximum Gasteiger partial charge on any atom is 0.341 e. The number of carbonyl (C=O) groups excluding carboxylic acids is 3. The highest BCUT2D eigenvalue weighted by Gasteiger charge is 2.21. The number of hydrogen-bond acceptors (Lipinski definition) is 11. The summed E-state index contributed by atoms with van der Waals surface area (Å²) in [5.74, 6) is -0.375. The summed E-state index contributed by atoms with van der Waals surface area (Å²) in [6.07, 6.45) is 3.13. The van der Waals surface area contributed by atoms with Gasteiger partial charge in [0.2, 0.25) is 11.6 Å². The number of unbranched alkanes of at least 4 members (excludes halogenated alkanes) is 2. The average molecular weight is 807 g/mol. The number of carbonyl (C=O) groups is 3. The van der Waals surface area contributed by atoms with Crippen LogP contribution in [-0.2, 0) is 22.6 Å². The van der Waals surface area contributed by atoms with E-state index in [2.05, 4.69) is 55.3 Å². The molecule has 5 aromatic carbocycles. The molecular weight excluding hydrogens is 761 g/mol. The van der Waals surface area contributed by atoms with Gasteiger partial charge in [0.25, 0.3) is 11.8 Å². The number of anilines is 2. The first kappa shape index (κ1) is 41.0. The SMILES string of the molecule is CCCCn1nnc(-c2ccc(C(=O)Nc3ccc(-c4ccc(NC(=O)c5cccc6c(C(=O)OC(C)OCC)cccc56)cc4)cc3)cc2-c2nnn(CCCC)n2)n1. The van der Waals surface area contributed by atoms with E-state index in [0.717, 1.165) is 36.8 Å². The lowest BCUT2D eigenvalue weighted by molar-refractivity contribution is -0.0939. The number of hydrogen-bond donors (Lipinski definition) is 2. The van der Waals surface area contributed by atoms with Gasteiger partial charge in [-0.2, -0.15) is 9.59 Å². The molecule has 15 nitrogen and oxygen atoms in total. The summed E-state index contributed by atoms with van der Waals surface area (Å²) < 4.78 is 10.8. The van der Waals surface area contributed by atoms with E-state index < -0.39 is 12.3 Å². The van der Waals surface area contributed by atoms with Crippen molar-refractivity contribution < 1.29 is 23.9 Å². The normalized spacial score (nSPS) is 11.7. The molecule has 60 heavy (non-hydrogen) atoms. The van der Waals surface area contributed by atoms with E-state index in [1.54, 1.807) is 71.1 Å². The van der Waals surface area contributed by atoms with Gasteiger partial charge in [-0.25, -0.2) is 4.79 Å². The molecule has 0 radical (unpaired) electrons. The number of ether oxygens (including phenoxy) is 2. The Morgan fingerprint density at radius 2 is 1.17 bits per heavy atom. The number of rotatable bonds is 17. The second kappa shape index (κ2) is 19.1. The summed E-state index contributed by atoms with van der Waals surface area (Å²) in [7, 11) is 0. The Morgan fingerprint density at radius 3 is 1.73 bits per heavy atom. The molecule has 0 aliphatic rings. The maximum atomic E-state index is 13.6. The topological polar surface area (TPSA) is 181 Å². The fourth-order valence-corrected chi connectivity index (χ4v) is 6.62. The molecule has 2 N–H and O–H groups in total. The highest BCUT2D eigenvalue weighted by molar-refractivity contribution is 6.16. The molecule has 1 unspecified atom stereocenters. The zero-order chi connectivity index (χ0) is 42.0. The summed E-state index contributed by atoms with van der Waals surface area (Å²) in [5, 5.41) is 33.4. The van der Waals surface area contributed by atoms with Crippen LogP contribution in [0.4, 0.5) is 11.4 Å². The van der Waals surface area contributed by atoms with Gasteiger partial charge in [-0.3, -0.25) is 9.59 Å². The zero-order valence-corrected chi connectivity index (χ0v) is 34.0. The van der Waals surface area contributed by atoms with E-state index in [4.69, 9.17) is 9.47 Å². The monoisotopic (exact) mass is 806 g/mol. The van der Waals surface area contributed by atoms with Gasteiger partial charge in [-0.15, -0.1) is 20.4 Å². The third kappa shape index (κ3) is 9.59. The van der Waals surface area contributed by atoms with E-state index >= 15 is 0 Å². The molecule has 0 bridgehead atoms. The second-order valence-corrected chi connectivity index (χ2v) is 14.1. The lowest BCUT2D eigenvalue weighted by Crippen LogP contribution is -2.18. The first-order valence-electron chi connectivity index (χ1n) is 20.1. The molecule has 0 spiro atoms. The van der Waals surface area contributed by atoms with Crippen molar-refractivity contribution in [2.45, 2.75) is 72.8 Å². The Hall–Kier alpha value is -7.13. The van der Waals surface area contributed by atoms with Gasteiger partial charge in [0.05, 0.1) is 18.7 Å². The highest BCUT2D eigenvalue weighted by atomic mass is 16.7. The smallest absolute Gasteiger partial charge is 0.341 e. The minimum atomic E-state index is -0.696. The first-order chi connectivity index (χ1) is 29.2. The number of esters is 1. The minimum Gasteiger partial charge on any atom is -0.432 e. The standard InChI is InChI=1S/C45H46N10O5/c1-5-8-26-54-50-41(48-52-54)37-25-20-32(28-40(37)42-49-53-55(51-42)27-9-6-2)43(56)46-33-21-16-30(17-22-33)31-18-23-34(24-19-31)47-44(57)38-14-10-13-36-35(38)12-11-15-39(36)45(58)60-29(4)59-7-3/h10-25,28-29H,5-9,26-27H2,1-4H3,(H,46,56)(H,47,57). The molecule has 306 valence electrons. The van der Waals surface area contributed by atoms with E-state index in [1.807, 2.05) is 55.5 Å². The predicted octanol–water partition coefficient (Wildman–Crippen LogP) is 8.46. The van der Waals surface area contributed by atoms with E-state index in [1.165, 1.54) is 0 Å². The number of aryl methyl sites for hydroxylation is 2. The van der Waals surface area contributed by atoms with Gasteiger partial charge in [0, 0.05) is 40.2 Å². The number of benzene rings is 5. The van der Waals surface area contributed by atoms with Crippen molar-refractivity contribution >= 4 is 39.9 Å². The average Bonchev–Trinajstić information content (AvgIpc) is 3.95. The van der Waals surface area contributed by atoms with Gasteiger partial charge in [-0.05, 0) is 114 Å². The Bertz CT molecular complexity index is 2600. The third-order valence-corrected chi connectivity index (χ3v) is 9.77. The van der Waals surface area contributed by atoms with Crippen molar-refractivity contribution in [1.82, 2.24) is 40.4 Å². The molecule has 0 saturated carbocycles. The summed E-state index contributed by atoms with van der Waals surface area (Å²) >= 11 is 0. The molecule has 1 atom stereocenters. The molecule has 0 saturated heterocycles. The van der Waals surface area contributed by atoms with Gasteiger partial charge in [-0.1, -0.05) is 75.2 Å². The summed E-state index contributed by atoms with van der Waals surface area (Å²) in [6.45, 7) is 9.38. The van der Waals surface area contributed by atoms with Crippen LogP contribution in [0.2, 0.25) is 0 Å². The second-order valence-electron chi connectivity index (χ2n) is 14.1. The number of fused-ring (bicyclic) bond motifs is 1. The Balaban J connectivity index is 1.03.